The number of nitrogens with zero attached hydrogens (tertiary/aromatic N) is 1. The second-order valence-electron chi connectivity index (χ2n) is 5.16. The molecule has 1 aromatic rings. The number of carbonyl (C=O) groups excluding carboxylic acids is 1. The van der Waals surface area contributed by atoms with Crippen molar-refractivity contribution in [2.45, 2.75) is 32.5 Å². The first-order chi connectivity index (χ1) is 9.52. The van der Waals surface area contributed by atoms with Gasteiger partial charge in [-0.25, -0.2) is 9.89 Å². The molecule has 1 atom stereocenters. The summed E-state index contributed by atoms with van der Waals surface area (Å²) < 4.78 is 21.8. The number of aromatic nitrogens is 2. The van der Waals surface area contributed by atoms with E-state index in [1.54, 1.807) is 6.92 Å². The summed E-state index contributed by atoms with van der Waals surface area (Å²) >= 11 is 0. The molecule has 0 aromatic carbocycles. The van der Waals surface area contributed by atoms with Crippen molar-refractivity contribution in [3.05, 3.63) is 11.8 Å². The molecule has 1 aliphatic heterocycles. The highest BCUT2D eigenvalue weighted by Crippen LogP contribution is 2.20. The van der Waals surface area contributed by atoms with Crippen LogP contribution in [-0.2, 0) is 14.2 Å². The highest BCUT2D eigenvalue weighted by atomic mass is 35.5. The zero-order valence-corrected chi connectivity index (χ0v) is 13.2. The maximum Gasteiger partial charge on any atom is 0.345 e. The summed E-state index contributed by atoms with van der Waals surface area (Å²) in [6, 6.07) is 0. The smallest absolute Gasteiger partial charge is 0.345 e. The van der Waals surface area contributed by atoms with E-state index in [-0.39, 0.29) is 42.2 Å². The van der Waals surface area contributed by atoms with Crippen molar-refractivity contribution in [1.29, 1.82) is 0 Å². The van der Waals surface area contributed by atoms with Crippen molar-refractivity contribution in [2.24, 2.45) is 0 Å². The Hall–Kier alpha value is -1.31. The van der Waals surface area contributed by atoms with Gasteiger partial charge in [0.05, 0.1) is 31.6 Å². The molecule has 0 aliphatic carbocycles. The predicted octanol–water partition coefficient (Wildman–Crippen LogP) is 1.58. The minimum atomic E-state index is -0.461. The molecule has 1 unspecified atom stereocenters. The van der Waals surface area contributed by atoms with Crippen molar-refractivity contribution in [1.82, 2.24) is 10.2 Å². The lowest BCUT2D eigenvalue weighted by molar-refractivity contribution is -0.189. The van der Waals surface area contributed by atoms with Crippen LogP contribution in [-0.4, -0.2) is 54.3 Å². The highest BCUT2D eigenvalue weighted by Gasteiger charge is 2.30. The first kappa shape index (κ1) is 17.7. The molecule has 2 rings (SSSR count). The number of H-pyrrole nitrogens is 1. The van der Waals surface area contributed by atoms with Crippen molar-refractivity contribution in [3.63, 3.8) is 0 Å². The zero-order valence-electron chi connectivity index (χ0n) is 12.4. The van der Waals surface area contributed by atoms with E-state index in [0.717, 1.165) is 0 Å². The molecule has 2 heterocycles. The van der Waals surface area contributed by atoms with Gasteiger partial charge in [-0.3, -0.25) is 0 Å². The van der Waals surface area contributed by atoms with Crippen LogP contribution < -0.4 is 4.74 Å². The van der Waals surface area contributed by atoms with Crippen molar-refractivity contribution >= 4 is 18.4 Å². The van der Waals surface area contributed by atoms with Crippen LogP contribution in [0, 0.1) is 0 Å². The molecular formula is C13H21ClN2O5. The third-order valence-corrected chi connectivity index (χ3v) is 2.75. The number of aromatic amines is 1. The van der Waals surface area contributed by atoms with E-state index < -0.39 is 5.97 Å². The van der Waals surface area contributed by atoms with E-state index in [9.17, 15) is 4.79 Å². The van der Waals surface area contributed by atoms with Gasteiger partial charge in [-0.05, 0) is 20.8 Å². The van der Waals surface area contributed by atoms with Gasteiger partial charge in [0.25, 0.3) is 0 Å². The molecule has 0 saturated carbocycles. The first-order valence-corrected chi connectivity index (χ1v) is 6.60. The van der Waals surface area contributed by atoms with E-state index in [1.807, 2.05) is 13.8 Å². The topological polar surface area (TPSA) is 82.7 Å². The predicted molar refractivity (Wildman–Crippen MR) is 77.1 cm³/mol. The lowest BCUT2D eigenvalue weighted by Crippen LogP contribution is -2.45. The molecular weight excluding hydrogens is 300 g/mol. The van der Waals surface area contributed by atoms with Crippen LogP contribution in [0.5, 0.6) is 5.88 Å². The summed E-state index contributed by atoms with van der Waals surface area (Å²) in [4.78, 5) is 11.7. The van der Waals surface area contributed by atoms with Gasteiger partial charge in [0.1, 0.15) is 18.3 Å². The summed E-state index contributed by atoms with van der Waals surface area (Å²) in [6.07, 6.45) is 1.20. The molecule has 0 spiro atoms. The SMILES string of the molecule is CCOC(=O)c1cn[nH]c1OCC1COCC(C)(C)O1.Cl. The fourth-order valence-corrected chi connectivity index (χ4v) is 1.95. The van der Waals surface area contributed by atoms with Gasteiger partial charge in [0.15, 0.2) is 0 Å². The van der Waals surface area contributed by atoms with Gasteiger partial charge in [-0.15, -0.1) is 12.4 Å². The van der Waals surface area contributed by atoms with E-state index in [1.165, 1.54) is 6.20 Å². The van der Waals surface area contributed by atoms with Crippen molar-refractivity contribution < 1.29 is 23.7 Å². The molecule has 1 saturated heterocycles. The Morgan fingerprint density at radius 1 is 1.57 bits per heavy atom. The van der Waals surface area contributed by atoms with Gasteiger partial charge in [-0.2, -0.15) is 5.10 Å². The normalized spacial score (nSPS) is 20.4. The Labute approximate surface area is 129 Å². The molecule has 8 heteroatoms. The molecule has 21 heavy (non-hydrogen) atoms. The number of carbonyl (C=O) groups is 1. The molecule has 1 aliphatic rings. The van der Waals surface area contributed by atoms with Crippen molar-refractivity contribution in [3.8, 4) is 5.88 Å². The van der Waals surface area contributed by atoms with Crippen LogP contribution >= 0.6 is 12.4 Å². The van der Waals surface area contributed by atoms with Gasteiger partial charge in [0.2, 0.25) is 5.88 Å². The average molecular weight is 321 g/mol. The molecule has 0 radical (unpaired) electrons. The van der Waals surface area contributed by atoms with E-state index >= 15 is 0 Å². The number of rotatable bonds is 5. The van der Waals surface area contributed by atoms with Gasteiger partial charge < -0.3 is 18.9 Å². The second kappa shape index (κ2) is 7.63. The van der Waals surface area contributed by atoms with Gasteiger partial charge in [0, 0.05) is 0 Å². The molecule has 1 fully saturated rings. The quantitative estimate of drug-likeness (QED) is 0.829. The lowest BCUT2D eigenvalue weighted by Gasteiger charge is -2.35. The Morgan fingerprint density at radius 2 is 2.33 bits per heavy atom. The summed E-state index contributed by atoms with van der Waals surface area (Å²) in [7, 11) is 0. The minimum Gasteiger partial charge on any atom is -0.475 e. The Morgan fingerprint density at radius 3 is 3.00 bits per heavy atom. The summed E-state index contributed by atoms with van der Waals surface area (Å²) in [6.45, 7) is 7.26. The van der Waals surface area contributed by atoms with Crippen LogP contribution in [0.2, 0.25) is 0 Å². The molecule has 120 valence electrons. The summed E-state index contributed by atoms with van der Waals surface area (Å²) in [5, 5.41) is 6.43. The van der Waals surface area contributed by atoms with Gasteiger partial charge in [-0.1, -0.05) is 0 Å². The summed E-state index contributed by atoms with van der Waals surface area (Å²) in [5.41, 5.74) is -0.0487. The Bertz CT molecular complexity index is 463. The monoisotopic (exact) mass is 320 g/mol. The zero-order chi connectivity index (χ0) is 14.6. The number of nitrogens with one attached hydrogen (secondary N) is 1. The van der Waals surface area contributed by atoms with E-state index in [0.29, 0.717) is 19.8 Å². The van der Waals surface area contributed by atoms with Gasteiger partial charge >= 0.3 is 5.97 Å². The average Bonchev–Trinajstić information content (AvgIpc) is 2.84. The maximum absolute atomic E-state index is 11.7. The lowest BCUT2D eigenvalue weighted by atomic mass is 10.1. The number of esters is 1. The van der Waals surface area contributed by atoms with Crippen LogP contribution in [0.25, 0.3) is 0 Å². The van der Waals surface area contributed by atoms with Crippen LogP contribution in [0.15, 0.2) is 6.20 Å². The molecule has 1 N–H and O–H groups in total. The third kappa shape index (κ3) is 4.87. The molecule has 1 aromatic heterocycles. The standard InChI is InChI=1S/C13H20N2O5.ClH/c1-4-18-12(16)10-5-14-15-11(10)19-7-9-6-17-8-13(2,3)20-9;/h5,9H,4,6-8H2,1-3H3,(H,14,15);1H. The molecule has 7 nitrogen and oxygen atoms in total. The largest absolute Gasteiger partial charge is 0.475 e. The Balaban J connectivity index is 0.00000220. The van der Waals surface area contributed by atoms with Crippen LogP contribution in [0.4, 0.5) is 0 Å². The van der Waals surface area contributed by atoms with Crippen molar-refractivity contribution in [2.75, 3.05) is 26.4 Å². The fraction of sp³-hybridized carbons (Fsp3) is 0.692. The third-order valence-electron chi connectivity index (χ3n) is 2.75. The summed E-state index contributed by atoms with van der Waals surface area (Å²) in [5.74, 6) is -0.173. The number of halogens is 1. The fourth-order valence-electron chi connectivity index (χ4n) is 1.95. The highest BCUT2D eigenvalue weighted by molar-refractivity contribution is 5.91. The first-order valence-electron chi connectivity index (χ1n) is 6.60. The number of ether oxygens (including phenoxy) is 4. The Kier molecular flexibility index (Phi) is 6.44. The van der Waals surface area contributed by atoms with Crippen LogP contribution in [0.1, 0.15) is 31.1 Å². The van der Waals surface area contributed by atoms with E-state index in [4.69, 9.17) is 18.9 Å². The van der Waals surface area contributed by atoms with E-state index in [2.05, 4.69) is 10.2 Å². The number of hydrogen-bond acceptors (Lipinski definition) is 6. The maximum atomic E-state index is 11.7. The minimum absolute atomic E-state index is 0. The van der Waals surface area contributed by atoms with Crippen LogP contribution in [0.3, 0.4) is 0 Å². The molecule has 0 amide bonds. The number of hydrogen-bond donors (Lipinski definition) is 1. The second-order valence-corrected chi connectivity index (χ2v) is 5.16. The molecule has 0 bridgehead atoms.